The third-order valence-electron chi connectivity index (χ3n) is 4.62. The van der Waals surface area contributed by atoms with Crippen molar-refractivity contribution in [3.05, 3.63) is 0 Å². The van der Waals surface area contributed by atoms with E-state index in [0.717, 1.165) is 11.3 Å². The lowest BCUT2D eigenvalue weighted by molar-refractivity contribution is -0.0784. The fourth-order valence-electron chi connectivity index (χ4n) is 3.38. The molecule has 2 aliphatic rings. The minimum absolute atomic E-state index is 0.664. The predicted molar refractivity (Wildman–Crippen MR) is 56.7 cm³/mol. The summed E-state index contributed by atoms with van der Waals surface area (Å²) < 4.78 is 0. The van der Waals surface area contributed by atoms with E-state index in [1.165, 1.54) is 38.8 Å². The molecule has 13 heavy (non-hydrogen) atoms. The molecule has 2 rings (SSSR count). The van der Waals surface area contributed by atoms with Crippen molar-refractivity contribution < 1.29 is 0 Å². The first-order valence-corrected chi connectivity index (χ1v) is 5.77. The largest absolute Gasteiger partial charge is 0.317 e. The minimum Gasteiger partial charge on any atom is -0.317 e. The van der Waals surface area contributed by atoms with Crippen LogP contribution in [0.1, 0.15) is 46.5 Å². The molecule has 1 nitrogen and oxygen atoms in total. The molecule has 0 unspecified atom stereocenters. The number of piperidine rings is 1. The highest BCUT2D eigenvalue weighted by molar-refractivity contribution is 5.03. The highest BCUT2D eigenvalue weighted by Gasteiger charge is 2.52. The highest BCUT2D eigenvalue weighted by atomic mass is 14.9. The molecule has 0 aromatic heterocycles. The Balaban J connectivity index is 1.94. The van der Waals surface area contributed by atoms with Gasteiger partial charge in [-0.25, -0.2) is 0 Å². The average molecular weight is 181 g/mol. The van der Waals surface area contributed by atoms with Crippen LogP contribution in [0.15, 0.2) is 0 Å². The van der Waals surface area contributed by atoms with Crippen molar-refractivity contribution in [1.29, 1.82) is 0 Å². The van der Waals surface area contributed by atoms with Crippen LogP contribution in [-0.4, -0.2) is 13.1 Å². The van der Waals surface area contributed by atoms with Gasteiger partial charge < -0.3 is 5.32 Å². The van der Waals surface area contributed by atoms with Crippen LogP contribution >= 0.6 is 0 Å². The van der Waals surface area contributed by atoms with Crippen molar-refractivity contribution in [2.24, 2.45) is 16.7 Å². The minimum atomic E-state index is 0.664. The lowest BCUT2D eigenvalue weighted by Crippen LogP contribution is -2.52. The van der Waals surface area contributed by atoms with Crippen molar-refractivity contribution in [3.63, 3.8) is 0 Å². The second-order valence-electron chi connectivity index (χ2n) is 5.91. The van der Waals surface area contributed by atoms with Gasteiger partial charge in [-0.05, 0) is 55.5 Å². The summed E-state index contributed by atoms with van der Waals surface area (Å²) in [6.45, 7) is 9.76. The topological polar surface area (TPSA) is 12.0 Å². The third kappa shape index (κ3) is 1.52. The Morgan fingerprint density at radius 3 is 2.08 bits per heavy atom. The predicted octanol–water partition coefficient (Wildman–Crippen LogP) is 2.81. The maximum Gasteiger partial charge on any atom is -0.00436 e. The van der Waals surface area contributed by atoms with Gasteiger partial charge in [-0.1, -0.05) is 20.8 Å². The van der Waals surface area contributed by atoms with Crippen molar-refractivity contribution in [1.82, 2.24) is 5.32 Å². The molecule has 1 aliphatic heterocycles. The van der Waals surface area contributed by atoms with Gasteiger partial charge in [-0.2, -0.15) is 0 Å². The van der Waals surface area contributed by atoms with Gasteiger partial charge in [0.2, 0.25) is 0 Å². The maximum absolute atomic E-state index is 3.46. The Labute approximate surface area is 82.3 Å². The molecule has 1 saturated heterocycles. The van der Waals surface area contributed by atoms with E-state index in [1.54, 1.807) is 0 Å². The molecule has 0 atom stereocenters. The van der Waals surface area contributed by atoms with Gasteiger partial charge in [0.15, 0.2) is 0 Å². The Bertz CT molecular complexity index is 181. The molecule has 0 aromatic carbocycles. The van der Waals surface area contributed by atoms with E-state index in [-0.39, 0.29) is 0 Å². The van der Waals surface area contributed by atoms with Crippen LogP contribution in [-0.2, 0) is 0 Å². The summed E-state index contributed by atoms with van der Waals surface area (Å²) in [4.78, 5) is 0. The van der Waals surface area contributed by atoms with Crippen LogP contribution in [0.4, 0.5) is 0 Å². The van der Waals surface area contributed by atoms with E-state index in [2.05, 4.69) is 26.1 Å². The van der Waals surface area contributed by atoms with Crippen LogP contribution in [0.25, 0.3) is 0 Å². The molecule has 1 heterocycles. The van der Waals surface area contributed by atoms with Crippen LogP contribution in [0.5, 0.6) is 0 Å². The van der Waals surface area contributed by atoms with E-state index in [4.69, 9.17) is 0 Å². The summed E-state index contributed by atoms with van der Waals surface area (Å²) in [6.07, 6.45) is 5.82. The molecule has 1 N–H and O–H groups in total. The fraction of sp³-hybridized carbons (Fsp3) is 1.00. The van der Waals surface area contributed by atoms with E-state index >= 15 is 0 Å². The summed E-state index contributed by atoms with van der Waals surface area (Å²) in [5.41, 5.74) is 1.42. The van der Waals surface area contributed by atoms with Crippen molar-refractivity contribution >= 4 is 0 Å². The summed E-state index contributed by atoms with van der Waals surface area (Å²) in [7, 11) is 0. The van der Waals surface area contributed by atoms with E-state index in [1.807, 2.05) is 0 Å². The highest BCUT2D eigenvalue weighted by Crippen LogP contribution is 2.61. The number of nitrogens with one attached hydrogen (secondary N) is 1. The molecule has 0 aromatic rings. The summed E-state index contributed by atoms with van der Waals surface area (Å²) >= 11 is 0. The number of hydrogen-bond acceptors (Lipinski definition) is 1. The number of hydrogen-bond donors (Lipinski definition) is 1. The summed E-state index contributed by atoms with van der Waals surface area (Å²) in [6, 6.07) is 0. The second-order valence-corrected chi connectivity index (χ2v) is 5.91. The van der Waals surface area contributed by atoms with E-state index in [9.17, 15) is 0 Å². The van der Waals surface area contributed by atoms with Crippen molar-refractivity contribution in [2.45, 2.75) is 46.5 Å². The molecule has 0 amide bonds. The Kier molecular flexibility index (Phi) is 2.18. The second kappa shape index (κ2) is 2.98. The standard InChI is InChI=1S/C12H23N/c1-10(2)11(3)8-12(9-11)4-6-13-7-5-12/h10,13H,4-9H2,1-3H3. The van der Waals surface area contributed by atoms with Crippen molar-refractivity contribution in [2.75, 3.05) is 13.1 Å². The molecule has 1 heteroatoms. The lowest BCUT2D eigenvalue weighted by atomic mass is 9.47. The van der Waals surface area contributed by atoms with E-state index < -0.39 is 0 Å². The Hall–Kier alpha value is -0.0400. The zero-order chi connectivity index (χ0) is 9.53. The van der Waals surface area contributed by atoms with Gasteiger partial charge >= 0.3 is 0 Å². The molecule has 1 spiro atoms. The molecule has 0 radical (unpaired) electrons. The van der Waals surface area contributed by atoms with E-state index in [0.29, 0.717) is 5.41 Å². The zero-order valence-corrected chi connectivity index (χ0v) is 9.32. The average Bonchev–Trinajstić information content (AvgIpc) is 2.03. The van der Waals surface area contributed by atoms with Crippen LogP contribution in [0.3, 0.4) is 0 Å². The van der Waals surface area contributed by atoms with Gasteiger partial charge in [0.1, 0.15) is 0 Å². The molecule has 1 saturated carbocycles. The smallest absolute Gasteiger partial charge is 0.00436 e. The summed E-state index contributed by atoms with van der Waals surface area (Å²) in [5.74, 6) is 0.869. The normalized spacial score (nSPS) is 30.5. The van der Waals surface area contributed by atoms with Gasteiger partial charge in [0.05, 0.1) is 0 Å². The quantitative estimate of drug-likeness (QED) is 0.656. The van der Waals surface area contributed by atoms with Crippen molar-refractivity contribution in [3.8, 4) is 0 Å². The fourth-order valence-corrected chi connectivity index (χ4v) is 3.38. The lowest BCUT2D eigenvalue weighted by Gasteiger charge is -2.59. The monoisotopic (exact) mass is 181 g/mol. The Morgan fingerprint density at radius 1 is 1.08 bits per heavy atom. The first-order chi connectivity index (χ1) is 6.06. The summed E-state index contributed by atoms with van der Waals surface area (Å²) in [5, 5.41) is 3.46. The molecule has 1 aliphatic carbocycles. The SMILES string of the molecule is CC(C)C1(C)CC2(CCNCC2)C1. The molecule has 0 bridgehead atoms. The van der Waals surface area contributed by atoms with Gasteiger partial charge in [0, 0.05) is 0 Å². The molecular formula is C12H23N. The first-order valence-electron chi connectivity index (χ1n) is 5.77. The van der Waals surface area contributed by atoms with Crippen LogP contribution < -0.4 is 5.32 Å². The zero-order valence-electron chi connectivity index (χ0n) is 9.32. The maximum atomic E-state index is 3.46. The number of rotatable bonds is 1. The molecule has 76 valence electrons. The molecule has 2 fully saturated rings. The molecular weight excluding hydrogens is 158 g/mol. The first kappa shape index (κ1) is 9.51. The van der Waals surface area contributed by atoms with Gasteiger partial charge in [0.25, 0.3) is 0 Å². The van der Waals surface area contributed by atoms with Crippen LogP contribution in [0.2, 0.25) is 0 Å². The van der Waals surface area contributed by atoms with Gasteiger partial charge in [-0.3, -0.25) is 0 Å². The Morgan fingerprint density at radius 2 is 1.62 bits per heavy atom. The van der Waals surface area contributed by atoms with Gasteiger partial charge in [-0.15, -0.1) is 0 Å². The van der Waals surface area contributed by atoms with Crippen LogP contribution in [0, 0.1) is 16.7 Å². The third-order valence-corrected chi connectivity index (χ3v) is 4.62.